The highest BCUT2D eigenvalue weighted by molar-refractivity contribution is 7.98. The first kappa shape index (κ1) is 17.6. The Morgan fingerprint density at radius 2 is 1.89 bits per heavy atom. The molecule has 0 amide bonds. The van der Waals surface area contributed by atoms with E-state index >= 15 is 0 Å². The maximum absolute atomic E-state index is 13.1. The number of aromatic nitrogens is 5. The molecule has 0 aliphatic heterocycles. The van der Waals surface area contributed by atoms with Gasteiger partial charge in [-0.05, 0) is 59.0 Å². The zero-order valence-corrected chi connectivity index (χ0v) is 15.9. The quantitative estimate of drug-likeness (QED) is 0.452. The number of benzene rings is 2. The molecule has 0 bridgehead atoms. The molecule has 0 unspecified atom stereocenters. The van der Waals surface area contributed by atoms with E-state index in [1.54, 1.807) is 23.9 Å². The minimum Gasteiger partial charge on any atom is -0.497 e. The largest absolute Gasteiger partial charge is 0.497 e. The zero-order chi connectivity index (χ0) is 18.6. The highest BCUT2D eigenvalue weighted by Crippen LogP contribution is 2.28. The molecule has 2 heterocycles. The Hall–Kier alpha value is -2.78. The molecule has 6 nitrogen and oxygen atoms in total. The van der Waals surface area contributed by atoms with Gasteiger partial charge in [0.15, 0.2) is 0 Å². The van der Waals surface area contributed by atoms with Crippen LogP contribution >= 0.6 is 23.1 Å². The summed E-state index contributed by atoms with van der Waals surface area (Å²) in [5.74, 6) is 1.15. The van der Waals surface area contributed by atoms with Crippen LogP contribution in [0.4, 0.5) is 4.39 Å². The van der Waals surface area contributed by atoms with Crippen LogP contribution in [-0.4, -0.2) is 32.3 Å². The summed E-state index contributed by atoms with van der Waals surface area (Å²) in [7, 11) is 1.63. The fraction of sp³-hybridized carbons (Fsp3) is 0.111. The normalized spacial score (nSPS) is 10.9. The fourth-order valence-electron chi connectivity index (χ4n) is 2.39. The number of halogens is 1. The molecule has 0 saturated heterocycles. The number of ether oxygens (including phenoxy) is 1. The van der Waals surface area contributed by atoms with Gasteiger partial charge >= 0.3 is 0 Å². The van der Waals surface area contributed by atoms with Gasteiger partial charge in [0.25, 0.3) is 0 Å². The number of rotatable bonds is 6. The van der Waals surface area contributed by atoms with Crippen LogP contribution in [0.3, 0.4) is 0 Å². The van der Waals surface area contributed by atoms with E-state index in [0.29, 0.717) is 10.9 Å². The van der Waals surface area contributed by atoms with Crippen molar-refractivity contribution in [3.63, 3.8) is 0 Å². The van der Waals surface area contributed by atoms with E-state index in [0.717, 1.165) is 27.7 Å². The van der Waals surface area contributed by atoms with Crippen molar-refractivity contribution in [3.05, 3.63) is 65.4 Å². The van der Waals surface area contributed by atoms with Crippen LogP contribution in [0.25, 0.3) is 16.3 Å². The van der Waals surface area contributed by atoms with Crippen molar-refractivity contribution in [3.8, 4) is 22.0 Å². The van der Waals surface area contributed by atoms with Crippen LogP contribution in [0.2, 0.25) is 0 Å². The van der Waals surface area contributed by atoms with Crippen LogP contribution in [-0.2, 0) is 5.75 Å². The number of thioether (sulfide) groups is 1. The van der Waals surface area contributed by atoms with Crippen molar-refractivity contribution in [2.24, 2.45) is 0 Å². The number of thiazole rings is 1. The van der Waals surface area contributed by atoms with Gasteiger partial charge in [-0.25, -0.2) is 9.37 Å². The van der Waals surface area contributed by atoms with E-state index < -0.39 is 0 Å². The summed E-state index contributed by atoms with van der Waals surface area (Å²) in [6, 6.07) is 13.9. The lowest BCUT2D eigenvalue weighted by Gasteiger charge is -2.05. The molecule has 2 aromatic heterocycles. The molecular formula is C18H14FN5OS2. The predicted molar refractivity (Wildman–Crippen MR) is 103 cm³/mol. The number of nitrogens with zero attached hydrogens (tertiary/aromatic N) is 5. The number of tetrazole rings is 1. The molecule has 2 aromatic carbocycles. The van der Waals surface area contributed by atoms with Crippen LogP contribution < -0.4 is 4.74 Å². The average molecular weight is 399 g/mol. The molecule has 0 aliphatic carbocycles. The molecule has 0 fully saturated rings. The molecule has 0 aliphatic rings. The summed E-state index contributed by atoms with van der Waals surface area (Å²) in [4.78, 5) is 4.62. The second-order valence-corrected chi connectivity index (χ2v) is 7.31. The highest BCUT2D eigenvalue weighted by Gasteiger charge is 2.11. The number of hydrogen-bond acceptors (Lipinski definition) is 7. The number of hydrogen-bond donors (Lipinski definition) is 0. The van der Waals surface area contributed by atoms with Gasteiger partial charge in [0.2, 0.25) is 5.16 Å². The van der Waals surface area contributed by atoms with Crippen molar-refractivity contribution < 1.29 is 9.13 Å². The van der Waals surface area contributed by atoms with Crippen molar-refractivity contribution >= 4 is 23.1 Å². The van der Waals surface area contributed by atoms with Crippen molar-refractivity contribution in [2.75, 3.05) is 7.11 Å². The zero-order valence-electron chi connectivity index (χ0n) is 14.2. The van der Waals surface area contributed by atoms with E-state index in [-0.39, 0.29) is 5.82 Å². The third-order valence-corrected chi connectivity index (χ3v) is 5.64. The van der Waals surface area contributed by atoms with Crippen molar-refractivity contribution in [1.82, 2.24) is 25.2 Å². The van der Waals surface area contributed by atoms with Gasteiger partial charge in [0.05, 0.1) is 18.5 Å². The third kappa shape index (κ3) is 3.99. The van der Waals surface area contributed by atoms with Crippen LogP contribution in [0.5, 0.6) is 5.75 Å². The van der Waals surface area contributed by atoms with Crippen molar-refractivity contribution in [2.45, 2.75) is 10.9 Å². The maximum atomic E-state index is 13.1. The lowest BCUT2D eigenvalue weighted by Crippen LogP contribution is -1.99. The van der Waals surface area contributed by atoms with Gasteiger partial charge in [-0.15, -0.1) is 16.4 Å². The van der Waals surface area contributed by atoms with Crippen LogP contribution in [0, 0.1) is 5.82 Å². The van der Waals surface area contributed by atoms with Gasteiger partial charge in [0, 0.05) is 16.7 Å². The molecule has 9 heteroatoms. The van der Waals surface area contributed by atoms with E-state index in [1.807, 2.05) is 29.6 Å². The molecule has 136 valence electrons. The molecular weight excluding hydrogens is 385 g/mol. The first-order valence-electron chi connectivity index (χ1n) is 7.99. The average Bonchev–Trinajstić information content (AvgIpc) is 3.36. The molecule has 4 aromatic rings. The molecule has 0 atom stereocenters. The van der Waals surface area contributed by atoms with Crippen LogP contribution in [0.1, 0.15) is 5.69 Å². The lowest BCUT2D eigenvalue weighted by atomic mass is 10.2. The first-order valence-corrected chi connectivity index (χ1v) is 9.85. The second kappa shape index (κ2) is 7.85. The monoisotopic (exact) mass is 399 g/mol. The molecule has 0 radical (unpaired) electrons. The SMILES string of the molecule is COc1ccc(-n2nnnc2SCc2csc(-c3ccc(F)cc3)n2)cc1. The van der Waals surface area contributed by atoms with Crippen molar-refractivity contribution in [1.29, 1.82) is 0 Å². The third-order valence-electron chi connectivity index (χ3n) is 3.75. The van der Waals surface area contributed by atoms with E-state index in [4.69, 9.17) is 4.74 Å². The Morgan fingerprint density at radius 1 is 1.11 bits per heavy atom. The smallest absolute Gasteiger partial charge is 0.214 e. The molecule has 27 heavy (non-hydrogen) atoms. The fourth-order valence-corrected chi connectivity index (χ4v) is 4.11. The standard InChI is InChI=1S/C18H14FN5OS2/c1-25-16-8-6-15(7-9-16)24-18(21-22-23-24)27-11-14-10-26-17(20-14)12-2-4-13(19)5-3-12/h2-10H,11H2,1H3. The van der Waals surface area contributed by atoms with E-state index in [2.05, 4.69) is 20.5 Å². The summed E-state index contributed by atoms with van der Waals surface area (Å²) in [5, 5.41) is 15.5. The van der Waals surface area contributed by atoms with E-state index in [9.17, 15) is 4.39 Å². The van der Waals surface area contributed by atoms with Gasteiger partial charge in [-0.3, -0.25) is 0 Å². The van der Waals surface area contributed by atoms with Gasteiger partial charge < -0.3 is 4.74 Å². The Bertz CT molecular complexity index is 1030. The Morgan fingerprint density at radius 3 is 2.63 bits per heavy atom. The topological polar surface area (TPSA) is 65.7 Å². The maximum Gasteiger partial charge on any atom is 0.214 e. The summed E-state index contributed by atoms with van der Waals surface area (Å²) in [6.07, 6.45) is 0. The van der Waals surface area contributed by atoms with Gasteiger partial charge in [0.1, 0.15) is 16.6 Å². The Kier molecular flexibility index (Phi) is 5.12. The molecule has 4 rings (SSSR count). The molecule has 0 spiro atoms. The summed E-state index contributed by atoms with van der Waals surface area (Å²) < 4.78 is 19.9. The van der Waals surface area contributed by atoms with Gasteiger partial charge in [-0.2, -0.15) is 4.68 Å². The Balaban J connectivity index is 1.47. The molecule has 0 N–H and O–H groups in total. The van der Waals surface area contributed by atoms with Gasteiger partial charge in [-0.1, -0.05) is 11.8 Å². The predicted octanol–water partition coefficient (Wildman–Crippen LogP) is 4.23. The molecule has 0 saturated carbocycles. The minimum atomic E-state index is -0.253. The highest BCUT2D eigenvalue weighted by atomic mass is 32.2. The summed E-state index contributed by atoms with van der Waals surface area (Å²) >= 11 is 3.03. The van der Waals surface area contributed by atoms with Crippen LogP contribution in [0.15, 0.2) is 59.1 Å². The summed E-state index contributed by atoms with van der Waals surface area (Å²) in [6.45, 7) is 0. The minimum absolute atomic E-state index is 0.253. The second-order valence-electron chi connectivity index (χ2n) is 5.51. The summed E-state index contributed by atoms with van der Waals surface area (Å²) in [5.41, 5.74) is 2.68. The lowest BCUT2D eigenvalue weighted by molar-refractivity contribution is 0.414. The Labute approximate surface area is 163 Å². The first-order chi connectivity index (χ1) is 13.2. The van der Waals surface area contributed by atoms with E-state index in [1.165, 1.54) is 35.2 Å². The number of methoxy groups -OCH3 is 1.